The normalized spacial score (nSPS) is 20.3. The first-order valence-electron chi connectivity index (χ1n) is 7.70. The number of thiazole rings is 1. The lowest BCUT2D eigenvalue weighted by atomic mass is 10.1. The van der Waals surface area contributed by atoms with Crippen LogP contribution in [0.3, 0.4) is 0 Å². The molecule has 0 spiro atoms. The maximum Gasteiger partial charge on any atom is 0.315 e. The number of anilines is 1. The zero-order chi connectivity index (χ0) is 18.9. The summed E-state index contributed by atoms with van der Waals surface area (Å²) in [6, 6.07) is 7.42. The summed E-state index contributed by atoms with van der Waals surface area (Å²) < 4.78 is 8.99. The van der Waals surface area contributed by atoms with Gasteiger partial charge in [-0.2, -0.15) is 0 Å². The Balaban J connectivity index is 1.54. The molecule has 6 nitrogen and oxygen atoms in total. The fraction of sp³-hybridized carbons (Fsp3) is 0.353. The molecular weight excluding hydrogens is 399 g/mol. The lowest BCUT2D eigenvalue weighted by Crippen LogP contribution is -2.26. The maximum absolute atomic E-state index is 12.0. The number of amides is 1. The van der Waals surface area contributed by atoms with E-state index < -0.39 is 28.2 Å². The van der Waals surface area contributed by atoms with Crippen LogP contribution in [0.25, 0.3) is 11.3 Å². The molecule has 1 aromatic heterocycles. The van der Waals surface area contributed by atoms with Gasteiger partial charge in [0.25, 0.3) is 5.91 Å². The van der Waals surface area contributed by atoms with Crippen LogP contribution in [0.1, 0.15) is 13.3 Å². The molecular formula is C17H16Cl2N2O4S. The van der Waals surface area contributed by atoms with Crippen molar-refractivity contribution in [3.05, 3.63) is 29.6 Å². The number of rotatable bonds is 6. The molecule has 9 heteroatoms. The van der Waals surface area contributed by atoms with Crippen LogP contribution in [0.15, 0.2) is 29.6 Å². The van der Waals surface area contributed by atoms with Gasteiger partial charge in [-0.3, -0.25) is 14.9 Å². The van der Waals surface area contributed by atoms with Gasteiger partial charge in [0.1, 0.15) is 15.5 Å². The van der Waals surface area contributed by atoms with E-state index in [0.717, 1.165) is 17.0 Å². The summed E-state index contributed by atoms with van der Waals surface area (Å²) in [6.45, 7) is 1.19. The predicted molar refractivity (Wildman–Crippen MR) is 101 cm³/mol. The van der Waals surface area contributed by atoms with E-state index >= 15 is 0 Å². The minimum atomic E-state index is -1.12. The van der Waals surface area contributed by atoms with E-state index in [9.17, 15) is 9.59 Å². The molecule has 1 aliphatic rings. The predicted octanol–water partition coefficient (Wildman–Crippen LogP) is 3.88. The van der Waals surface area contributed by atoms with Crippen LogP contribution < -0.4 is 10.1 Å². The number of nitrogens with one attached hydrogen (secondary N) is 1. The number of alkyl halides is 2. The van der Waals surface area contributed by atoms with Gasteiger partial charge in [-0.25, -0.2) is 4.98 Å². The number of halogens is 2. The molecule has 0 bridgehead atoms. The Kier molecular flexibility index (Phi) is 5.14. The van der Waals surface area contributed by atoms with Crippen molar-refractivity contribution in [1.82, 2.24) is 4.98 Å². The highest BCUT2D eigenvalue weighted by Gasteiger charge is 2.69. The van der Waals surface area contributed by atoms with Gasteiger partial charge in [0, 0.05) is 17.4 Å². The number of carbonyl (C=O) groups is 2. The second-order valence-corrected chi connectivity index (χ2v) is 8.45. The Morgan fingerprint density at radius 1 is 1.31 bits per heavy atom. The lowest BCUT2D eigenvalue weighted by molar-refractivity contribution is -0.152. The summed E-state index contributed by atoms with van der Waals surface area (Å²) in [6.07, 6.45) is 0.307. The highest BCUT2D eigenvalue weighted by molar-refractivity contribution is 7.14. The monoisotopic (exact) mass is 414 g/mol. The molecule has 1 aromatic carbocycles. The summed E-state index contributed by atoms with van der Waals surface area (Å²) in [5.74, 6) is -0.315. The average molecular weight is 415 g/mol. The van der Waals surface area contributed by atoms with Gasteiger partial charge in [-0.05, 0) is 31.2 Å². The van der Waals surface area contributed by atoms with E-state index in [1.165, 1.54) is 11.3 Å². The molecule has 1 heterocycles. The summed E-state index contributed by atoms with van der Waals surface area (Å²) in [5, 5.41) is 4.84. The number of aromatic nitrogens is 1. The van der Waals surface area contributed by atoms with Crippen molar-refractivity contribution in [1.29, 1.82) is 0 Å². The SMILES string of the molecule is COc1ccc(-c2csc(NC(=O)COC(=O)[C@@]3(C)CC3(Cl)Cl)n2)cc1. The molecule has 1 saturated carbocycles. The molecule has 0 saturated heterocycles. The largest absolute Gasteiger partial charge is 0.497 e. The van der Waals surface area contributed by atoms with Crippen molar-refractivity contribution in [2.24, 2.45) is 5.41 Å². The summed E-state index contributed by atoms with van der Waals surface area (Å²) in [4.78, 5) is 28.2. The first-order valence-corrected chi connectivity index (χ1v) is 9.33. The van der Waals surface area contributed by atoms with Crippen molar-refractivity contribution in [2.75, 3.05) is 19.0 Å². The second-order valence-electron chi connectivity index (χ2n) is 6.10. The third-order valence-corrected chi connectivity index (χ3v) is 6.04. The van der Waals surface area contributed by atoms with Gasteiger partial charge in [0.15, 0.2) is 11.7 Å². The van der Waals surface area contributed by atoms with Crippen LogP contribution in [0.4, 0.5) is 5.13 Å². The fourth-order valence-corrected chi connectivity index (χ4v) is 3.72. The van der Waals surface area contributed by atoms with Crippen LogP contribution in [0.2, 0.25) is 0 Å². The average Bonchev–Trinajstić information content (AvgIpc) is 2.95. The molecule has 0 aliphatic heterocycles. The van der Waals surface area contributed by atoms with Gasteiger partial charge in [-0.1, -0.05) is 0 Å². The molecule has 1 atom stereocenters. The highest BCUT2D eigenvalue weighted by atomic mass is 35.5. The number of hydrogen-bond donors (Lipinski definition) is 1. The van der Waals surface area contributed by atoms with Crippen LogP contribution >= 0.6 is 34.5 Å². The minimum absolute atomic E-state index is 0.307. The zero-order valence-electron chi connectivity index (χ0n) is 14.0. The number of benzene rings is 1. The van der Waals surface area contributed by atoms with Crippen LogP contribution in [0, 0.1) is 5.41 Å². The summed E-state index contributed by atoms with van der Waals surface area (Å²) in [5.41, 5.74) is 0.666. The van der Waals surface area contributed by atoms with E-state index in [-0.39, 0.29) is 0 Å². The molecule has 26 heavy (non-hydrogen) atoms. The maximum atomic E-state index is 12.0. The van der Waals surface area contributed by atoms with Gasteiger partial charge in [0.05, 0.1) is 12.8 Å². The van der Waals surface area contributed by atoms with Crippen LogP contribution in [0.5, 0.6) is 5.75 Å². The van der Waals surface area contributed by atoms with E-state index in [1.807, 2.05) is 29.6 Å². The molecule has 0 unspecified atom stereocenters. The van der Waals surface area contributed by atoms with E-state index in [4.69, 9.17) is 32.7 Å². The number of esters is 1. The molecule has 1 aliphatic carbocycles. The van der Waals surface area contributed by atoms with Crippen molar-refractivity contribution >= 4 is 51.5 Å². The number of ether oxygens (including phenoxy) is 2. The smallest absolute Gasteiger partial charge is 0.315 e. The van der Waals surface area contributed by atoms with Crippen LogP contribution in [-0.2, 0) is 14.3 Å². The van der Waals surface area contributed by atoms with Crippen molar-refractivity contribution in [3.63, 3.8) is 0 Å². The molecule has 0 radical (unpaired) electrons. The molecule has 1 N–H and O–H groups in total. The number of carbonyl (C=O) groups excluding carboxylic acids is 2. The highest BCUT2D eigenvalue weighted by Crippen LogP contribution is 2.64. The molecule has 2 aromatic rings. The van der Waals surface area contributed by atoms with Gasteiger partial charge in [0.2, 0.25) is 0 Å². The first kappa shape index (κ1) is 18.9. The Hall–Kier alpha value is -1.83. The summed E-state index contributed by atoms with van der Waals surface area (Å²) in [7, 11) is 1.60. The van der Waals surface area contributed by atoms with Crippen molar-refractivity contribution in [3.8, 4) is 17.0 Å². The Labute approximate surface area is 164 Å². The first-order chi connectivity index (χ1) is 12.2. The Morgan fingerprint density at radius 3 is 2.54 bits per heavy atom. The fourth-order valence-electron chi connectivity index (χ4n) is 2.29. The van der Waals surface area contributed by atoms with E-state index in [1.54, 1.807) is 14.0 Å². The number of hydrogen-bond acceptors (Lipinski definition) is 6. The quantitative estimate of drug-likeness (QED) is 0.572. The van der Waals surface area contributed by atoms with Gasteiger partial charge in [-0.15, -0.1) is 34.5 Å². The van der Waals surface area contributed by atoms with Crippen LogP contribution in [-0.4, -0.2) is 34.9 Å². The third kappa shape index (κ3) is 3.79. The van der Waals surface area contributed by atoms with Crippen molar-refractivity contribution < 1.29 is 19.1 Å². The third-order valence-electron chi connectivity index (χ3n) is 4.18. The number of nitrogens with zero attached hydrogens (tertiary/aromatic N) is 1. The minimum Gasteiger partial charge on any atom is -0.497 e. The van der Waals surface area contributed by atoms with Gasteiger partial charge < -0.3 is 9.47 Å². The van der Waals surface area contributed by atoms with E-state index in [2.05, 4.69) is 10.3 Å². The summed E-state index contributed by atoms with van der Waals surface area (Å²) >= 11 is 13.1. The zero-order valence-corrected chi connectivity index (χ0v) is 16.4. The lowest BCUT2D eigenvalue weighted by Gasteiger charge is -2.11. The molecule has 3 rings (SSSR count). The molecule has 138 valence electrons. The second kappa shape index (κ2) is 7.06. The molecule has 1 amide bonds. The van der Waals surface area contributed by atoms with E-state index in [0.29, 0.717) is 11.6 Å². The number of methoxy groups -OCH3 is 1. The topological polar surface area (TPSA) is 77.5 Å². The van der Waals surface area contributed by atoms with Gasteiger partial charge >= 0.3 is 5.97 Å². The standard InChI is InChI=1S/C17H16Cl2N2O4S/c1-16(9-17(16,18)19)14(23)25-7-13(22)21-15-20-12(8-26-15)10-3-5-11(24-2)6-4-10/h3-6,8H,7,9H2,1-2H3,(H,20,21,22)/t16-/m1/s1. The Morgan fingerprint density at radius 2 is 1.96 bits per heavy atom. The van der Waals surface area contributed by atoms with Crippen molar-refractivity contribution in [2.45, 2.75) is 17.7 Å². The Bertz CT molecular complexity index is 838. The molecule has 1 fully saturated rings.